The topological polar surface area (TPSA) is 89.0 Å². The Kier molecular flexibility index (Phi) is 11.9. The van der Waals surface area contributed by atoms with Crippen LogP contribution >= 0.6 is 50.7 Å². The smallest absolute Gasteiger partial charge is 0.262 e. The minimum atomic E-state index is -0.941. The van der Waals surface area contributed by atoms with Gasteiger partial charge in [-0.15, -0.1) is 0 Å². The van der Waals surface area contributed by atoms with Gasteiger partial charge in [0.1, 0.15) is 24.1 Å². The number of hydrogen-bond acceptors (Lipinski definition) is 5. The number of hydrogen-bond donors (Lipinski definition) is 2. The first-order valence-corrected chi connectivity index (χ1v) is 15.1. The second-order valence-corrected chi connectivity index (χ2v) is 11.5. The summed E-state index contributed by atoms with van der Waals surface area (Å²) in [5.41, 5.74) is 4.97. The molecule has 0 aliphatic heterocycles. The van der Waals surface area contributed by atoms with Crippen molar-refractivity contribution in [2.45, 2.75) is 32.1 Å². The lowest BCUT2D eigenvalue weighted by atomic mass is 10.1. The van der Waals surface area contributed by atoms with Crippen LogP contribution in [0.2, 0.25) is 15.1 Å². The fourth-order valence-corrected chi connectivity index (χ4v) is 5.05. The maximum atomic E-state index is 13.2. The summed E-state index contributed by atoms with van der Waals surface area (Å²) >= 11 is 21.8. The minimum Gasteiger partial charge on any atom is -0.488 e. The number of nitrogens with one attached hydrogen (secondary N) is 2. The number of benzene rings is 4. The van der Waals surface area contributed by atoms with Gasteiger partial charge in [-0.2, -0.15) is 5.10 Å². The first-order valence-electron chi connectivity index (χ1n) is 13.1. The molecule has 0 fully saturated rings. The van der Waals surface area contributed by atoms with Gasteiger partial charge in [0.15, 0.2) is 6.10 Å². The van der Waals surface area contributed by atoms with Gasteiger partial charge in [-0.25, -0.2) is 5.43 Å². The minimum absolute atomic E-state index is 0.241. The molecule has 0 spiro atoms. The van der Waals surface area contributed by atoms with Crippen LogP contribution in [0.4, 0.5) is 0 Å². The van der Waals surface area contributed by atoms with Gasteiger partial charge < -0.3 is 14.8 Å². The number of rotatable bonds is 12. The lowest BCUT2D eigenvalue weighted by Crippen LogP contribution is -2.50. The molecule has 0 heterocycles. The van der Waals surface area contributed by atoms with Crippen molar-refractivity contribution < 1.29 is 19.1 Å². The fourth-order valence-electron chi connectivity index (χ4n) is 3.90. The van der Waals surface area contributed by atoms with E-state index >= 15 is 0 Å². The zero-order chi connectivity index (χ0) is 30.8. The fraction of sp³-hybridized carbons (Fsp3) is 0.156. The third-order valence-corrected chi connectivity index (χ3v) is 7.69. The Morgan fingerprint density at radius 2 is 1.60 bits per heavy atom. The van der Waals surface area contributed by atoms with Gasteiger partial charge in [0.25, 0.3) is 11.8 Å². The van der Waals surface area contributed by atoms with Crippen molar-refractivity contribution >= 4 is 68.8 Å². The van der Waals surface area contributed by atoms with Crippen molar-refractivity contribution in [3.05, 3.63) is 127 Å². The van der Waals surface area contributed by atoms with Gasteiger partial charge in [0.2, 0.25) is 0 Å². The molecule has 0 radical (unpaired) electrons. The molecule has 0 saturated heterocycles. The van der Waals surface area contributed by atoms with Crippen molar-refractivity contribution in [3.63, 3.8) is 0 Å². The van der Waals surface area contributed by atoms with E-state index < -0.39 is 24.0 Å². The first-order chi connectivity index (χ1) is 20.7. The molecule has 11 heteroatoms. The zero-order valence-electron chi connectivity index (χ0n) is 22.9. The summed E-state index contributed by atoms with van der Waals surface area (Å²) in [5, 5.41) is 8.21. The van der Waals surface area contributed by atoms with Crippen LogP contribution in [0.15, 0.2) is 101 Å². The second-order valence-electron chi connectivity index (χ2n) is 9.39. The van der Waals surface area contributed by atoms with Gasteiger partial charge in [-0.05, 0) is 76.4 Å². The van der Waals surface area contributed by atoms with Gasteiger partial charge >= 0.3 is 0 Å². The maximum Gasteiger partial charge on any atom is 0.262 e. The maximum absolute atomic E-state index is 13.2. The summed E-state index contributed by atoms with van der Waals surface area (Å²) in [5.74, 6) is -0.0666. The molecule has 4 aromatic carbocycles. The number of carbonyl (C=O) groups is 2. The predicted molar refractivity (Wildman–Crippen MR) is 174 cm³/mol. The molecule has 0 saturated carbocycles. The van der Waals surface area contributed by atoms with E-state index in [9.17, 15) is 9.59 Å². The number of carbonyl (C=O) groups excluding carboxylic acids is 2. The Balaban J connectivity index is 1.38. The highest BCUT2D eigenvalue weighted by Crippen LogP contribution is 2.29. The third kappa shape index (κ3) is 9.73. The van der Waals surface area contributed by atoms with Crippen LogP contribution in [0.3, 0.4) is 0 Å². The van der Waals surface area contributed by atoms with Gasteiger partial charge in [0.05, 0.1) is 15.7 Å². The van der Waals surface area contributed by atoms with E-state index in [4.69, 9.17) is 44.3 Å². The summed E-state index contributed by atoms with van der Waals surface area (Å²) in [6.45, 7) is 1.88. The SMILES string of the molecule is C[C@H](Oc1ccc(Cl)cc1Cl)C(=O)N[C@@H](Cc1ccccc1)C(=O)N/N=C\c1ccc(OCc2ccccc2Cl)c(Br)c1. The molecular weight excluding hydrogens is 677 g/mol. The third-order valence-electron chi connectivity index (χ3n) is 6.17. The summed E-state index contributed by atoms with van der Waals surface area (Å²) in [6.07, 6.45) is 0.797. The Morgan fingerprint density at radius 1 is 0.884 bits per heavy atom. The van der Waals surface area contributed by atoms with Crippen LogP contribution < -0.4 is 20.2 Å². The number of nitrogens with zero attached hydrogens (tertiary/aromatic N) is 1. The summed E-state index contributed by atoms with van der Waals surface area (Å²) in [7, 11) is 0. The molecule has 2 atom stereocenters. The monoisotopic (exact) mass is 701 g/mol. The lowest BCUT2D eigenvalue weighted by Gasteiger charge is -2.21. The average molecular weight is 704 g/mol. The predicted octanol–water partition coefficient (Wildman–Crippen LogP) is 7.63. The number of hydrazone groups is 1. The van der Waals surface area contributed by atoms with Crippen molar-refractivity contribution in [1.29, 1.82) is 0 Å². The molecule has 2 amide bonds. The first kappa shape index (κ1) is 32.4. The summed E-state index contributed by atoms with van der Waals surface area (Å²) < 4.78 is 12.3. The summed E-state index contributed by atoms with van der Waals surface area (Å²) in [6, 6.07) is 26.0. The quantitative estimate of drug-likeness (QED) is 0.117. The highest BCUT2D eigenvalue weighted by molar-refractivity contribution is 9.10. The molecule has 0 aliphatic rings. The molecule has 43 heavy (non-hydrogen) atoms. The molecule has 0 aromatic heterocycles. The van der Waals surface area contributed by atoms with Crippen LogP contribution in [0.5, 0.6) is 11.5 Å². The van der Waals surface area contributed by atoms with Crippen LogP contribution in [0.1, 0.15) is 23.6 Å². The normalized spacial score (nSPS) is 12.4. The Morgan fingerprint density at radius 3 is 2.33 bits per heavy atom. The molecule has 7 nitrogen and oxygen atoms in total. The molecule has 0 bridgehead atoms. The lowest BCUT2D eigenvalue weighted by molar-refractivity contribution is -0.132. The molecule has 222 valence electrons. The van der Waals surface area contributed by atoms with Crippen LogP contribution in [-0.4, -0.2) is 30.2 Å². The highest BCUT2D eigenvalue weighted by atomic mass is 79.9. The van der Waals surface area contributed by atoms with Crippen molar-refractivity contribution in [2.75, 3.05) is 0 Å². The van der Waals surface area contributed by atoms with E-state index in [0.29, 0.717) is 38.2 Å². The van der Waals surface area contributed by atoms with Crippen molar-refractivity contribution in [1.82, 2.24) is 10.7 Å². The van der Waals surface area contributed by atoms with Crippen LogP contribution in [0.25, 0.3) is 0 Å². The van der Waals surface area contributed by atoms with E-state index in [1.165, 1.54) is 12.3 Å². The molecule has 4 rings (SSSR count). The van der Waals surface area contributed by atoms with E-state index in [1.54, 1.807) is 31.2 Å². The number of ether oxygens (including phenoxy) is 2. The Labute approximate surface area is 273 Å². The molecule has 4 aromatic rings. The summed E-state index contributed by atoms with van der Waals surface area (Å²) in [4.78, 5) is 26.2. The molecular formula is C32H27BrCl3N3O4. The van der Waals surface area contributed by atoms with Crippen molar-refractivity contribution in [3.8, 4) is 11.5 Å². The average Bonchev–Trinajstić information content (AvgIpc) is 2.99. The van der Waals surface area contributed by atoms with Gasteiger partial charge in [0, 0.05) is 22.0 Å². The van der Waals surface area contributed by atoms with Gasteiger partial charge in [-0.1, -0.05) is 83.3 Å². The second kappa shape index (κ2) is 15.8. The van der Waals surface area contributed by atoms with Gasteiger partial charge in [-0.3, -0.25) is 9.59 Å². The molecule has 2 N–H and O–H groups in total. The van der Waals surface area contributed by atoms with Crippen molar-refractivity contribution in [2.24, 2.45) is 5.10 Å². The number of halogens is 4. The highest BCUT2D eigenvalue weighted by Gasteiger charge is 2.25. The van der Waals surface area contributed by atoms with Crippen LogP contribution in [-0.2, 0) is 22.6 Å². The molecule has 0 aliphatic carbocycles. The van der Waals surface area contributed by atoms with E-state index in [1.807, 2.05) is 60.7 Å². The molecule has 0 unspecified atom stereocenters. The Hall–Kier alpha value is -3.56. The van der Waals surface area contributed by atoms with E-state index in [-0.39, 0.29) is 11.4 Å². The standard InChI is InChI=1S/C32H27BrCl3N3O4/c1-20(43-30-14-12-24(34)17-27(30)36)31(40)38-28(16-21-7-3-2-4-8-21)32(41)39-37-18-22-11-13-29(25(33)15-22)42-19-23-9-5-6-10-26(23)35/h2-15,17-18,20,28H,16,19H2,1H3,(H,38,40)(H,39,41)/b37-18-/t20-,28-/m0/s1. The van der Waals surface area contributed by atoms with E-state index in [0.717, 1.165) is 11.1 Å². The zero-order valence-corrected chi connectivity index (χ0v) is 26.8. The number of amides is 2. The largest absolute Gasteiger partial charge is 0.488 e. The van der Waals surface area contributed by atoms with E-state index in [2.05, 4.69) is 31.8 Å². The van der Waals surface area contributed by atoms with Crippen LogP contribution in [0, 0.1) is 0 Å². The Bertz CT molecular complexity index is 1600.